The molecule has 4 rings (SSSR count). The van der Waals surface area contributed by atoms with Crippen LogP contribution in [0.5, 0.6) is 0 Å². The molecule has 7 nitrogen and oxygen atoms in total. The number of nitrogens with two attached hydrogens (primary N) is 2. The fraction of sp³-hybridized carbons (Fsp3) is 0.552. The summed E-state index contributed by atoms with van der Waals surface area (Å²) in [5.41, 5.74) is 15.4. The fourth-order valence-corrected chi connectivity index (χ4v) is 5.42. The first-order chi connectivity index (χ1) is 17.2. The van der Waals surface area contributed by atoms with E-state index in [1.165, 1.54) is 0 Å². The molecule has 0 aromatic heterocycles. The second kappa shape index (κ2) is 10.9. The first-order valence-electron chi connectivity index (χ1n) is 13.1. The third-order valence-electron chi connectivity index (χ3n) is 8.45. The van der Waals surface area contributed by atoms with Gasteiger partial charge in [0.05, 0.1) is 37.3 Å². The second-order valence-electron chi connectivity index (χ2n) is 10.6. The van der Waals surface area contributed by atoms with Crippen LogP contribution in [0, 0.1) is 0 Å². The van der Waals surface area contributed by atoms with Crippen LogP contribution in [0.1, 0.15) is 38.8 Å². The summed E-state index contributed by atoms with van der Waals surface area (Å²) in [6.45, 7) is 14.1. The molecule has 0 saturated carbocycles. The highest BCUT2D eigenvalue weighted by atomic mass is 16.5. The van der Waals surface area contributed by atoms with Crippen molar-refractivity contribution in [3.05, 3.63) is 59.7 Å². The molecular formula is C29H42N4O3. The van der Waals surface area contributed by atoms with Crippen molar-refractivity contribution in [3.8, 4) is 0 Å². The van der Waals surface area contributed by atoms with Crippen molar-refractivity contribution in [2.24, 2.45) is 11.5 Å². The van der Waals surface area contributed by atoms with Gasteiger partial charge in [0.1, 0.15) is 0 Å². The summed E-state index contributed by atoms with van der Waals surface area (Å²) in [4.78, 5) is 19.1. The maximum Gasteiger partial charge on any atom is 0.156 e. The zero-order valence-electron chi connectivity index (χ0n) is 22.2. The van der Waals surface area contributed by atoms with Gasteiger partial charge in [-0.25, -0.2) is 0 Å². The monoisotopic (exact) mass is 494 g/mol. The van der Waals surface area contributed by atoms with Crippen molar-refractivity contribution >= 4 is 17.2 Å². The lowest BCUT2D eigenvalue weighted by Crippen LogP contribution is -2.59. The van der Waals surface area contributed by atoms with Gasteiger partial charge in [0.25, 0.3) is 0 Å². The Morgan fingerprint density at radius 2 is 1.00 bits per heavy atom. The Morgan fingerprint density at radius 1 is 0.694 bits per heavy atom. The van der Waals surface area contributed by atoms with Crippen LogP contribution < -0.4 is 21.3 Å². The third kappa shape index (κ3) is 4.90. The number of nitrogens with zero attached hydrogens (tertiary/aromatic N) is 2. The van der Waals surface area contributed by atoms with E-state index in [1.807, 2.05) is 27.7 Å². The number of hydrogen-bond donors (Lipinski definition) is 2. The Morgan fingerprint density at radius 3 is 1.28 bits per heavy atom. The third-order valence-corrected chi connectivity index (χ3v) is 8.45. The number of rotatable bonds is 8. The number of carbonyl (C=O) groups excluding carboxylic acids is 1. The summed E-state index contributed by atoms with van der Waals surface area (Å²) in [5.74, 6) is 0.0400. The molecule has 0 bridgehead atoms. The van der Waals surface area contributed by atoms with Gasteiger partial charge in [0, 0.05) is 49.6 Å². The molecule has 2 fully saturated rings. The van der Waals surface area contributed by atoms with Crippen molar-refractivity contribution < 1.29 is 14.3 Å². The van der Waals surface area contributed by atoms with Crippen LogP contribution in [0.25, 0.3) is 0 Å². The second-order valence-corrected chi connectivity index (χ2v) is 10.6. The summed E-state index contributed by atoms with van der Waals surface area (Å²) in [6, 6.07) is 15.8. The van der Waals surface area contributed by atoms with Crippen molar-refractivity contribution in [1.82, 2.24) is 0 Å². The Hall–Kier alpha value is -2.45. The van der Waals surface area contributed by atoms with Crippen molar-refractivity contribution in [1.29, 1.82) is 0 Å². The molecule has 2 aromatic carbocycles. The quantitative estimate of drug-likeness (QED) is 0.583. The molecule has 2 saturated heterocycles. The largest absolute Gasteiger partial charge is 0.378 e. The number of carbonyl (C=O) groups is 1. The van der Waals surface area contributed by atoms with E-state index in [1.54, 1.807) is 0 Å². The molecule has 2 aromatic rings. The van der Waals surface area contributed by atoms with Crippen LogP contribution in [0.15, 0.2) is 48.5 Å². The minimum absolute atomic E-state index is 0.0400. The summed E-state index contributed by atoms with van der Waals surface area (Å²) < 4.78 is 11.0. The van der Waals surface area contributed by atoms with E-state index in [0.29, 0.717) is 0 Å². The average Bonchev–Trinajstić information content (AvgIpc) is 2.92. The van der Waals surface area contributed by atoms with Gasteiger partial charge in [-0.2, -0.15) is 0 Å². The van der Waals surface area contributed by atoms with Crippen LogP contribution in [-0.2, 0) is 25.1 Å². The van der Waals surface area contributed by atoms with E-state index in [9.17, 15) is 4.79 Å². The molecule has 0 radical (unpaired) electrons. The number of Topliss-reactive ketones (excluding diaryl/α,β-unsaturated/α-hetero) is 1. The molecule has 7 heteroatoms. The Kier molecular flexibility index (Phi) is 8.05. The predicted octanol–water partition coefficient (Wildman–Crippen LogP) is 2.84. The molecule has 196 valence electrons. The van der Waals surface area contributed by atoms with Gasteiger partial charge < -0.3 is 30.7 Å². The number of ketones is 1. The maximum atomic E-state index is 14.5. The predicted molar refractivity (Wildman–Crippen MR) is 146 cm³/mol. The highest BCUT2D eigenvalue weighted by Gasteiger charge is 2.50. The van der Waals surface area contributed by atoms with Gasteiger partial charge in [0.2, 0.25) is 0 Å². The van der Waals surface area contributed by atoms with Crippen molar-refractivity contribution in [3.63, 3.8) is 0 Å². The zero-order valence-corrected chi connectivity index (χ0v) is 22.2. The van der Waals surface area contributed by atoms with E-state index >= 15 is 0 Å². The topological polar surface area (TPSA) is 94.0 Å². The molecule has 4 N–H and O–H groups in total. The number of morpholine rings is 2. The first kappa shape index (κ1) is 26.6. The van der Waals surface area contributed by atoms with Crippen molar-refractivity contribution in [2.45, 2.75) is 50.6 Å². The molecule has 2 aliphatic rings. The maximum absolute atomic E-state index is 14.5. The molecule has 36 heavy (non-hydrogen) atoms. The lowest BCUT2D eigenvalue weighted by atomic mass is 9.60. The molecule has 0 spiro atoms. The summed E-state index contributed by atoms with van der Waals surface area (Å²) >= 11 is 0. The normalized spacial score (nSPS) is 21.8. The summed E-state index contributed by atoms with van der Waals surface area (Å²) in [6.07, 6.45) is 0. The van der Waals surface area contributed by atoms with E-state index in [4.69, 9.17) is 20.9 Å². The number of hydrogen-bond acceptors (Lipinski definition) is 7. The first-order valence-corrected chi connectivity index (χ1v) is 13.1. The van der Waals surface area contributed by atoms with Crippen molar-refractivity contribution in [2.75, 3.05) is 62.4 Å². The van der Waals surface area contributed by atoms with Gasteiger partial charge in [-0.15, -0.1) is 0 Å². The van der Waals surface area contributed by atoms with Gasteiger partial charge in [-0.05, 0) is 63.1 Å². The van der Waals surface area contributed by atoms with Crippen LogP contribution in [0.2, 0.25) is 0 Å². The van der Waals surface area contributed by atoms with E-state index in [0.717, 1.165) is 75.1 Å². The SMILES string of the molecule is CC(N)C(C)(C(=O)C(C)(c1ccc(N2CCOCC2)cc1)C(C)N)c1ccc(N2CCOCC2)cc1. The standard InChI is InChI=1S/C29H42N4O3/c1-21(30)28(3,23-5-9-25(10-6-23)32-13-17-35-18-14-32)27(34)29(4,22(2)31)24-7-11-26(12-8-24)33-15-19-36-20-16-33/h5-12,21-22H,13-20,30-31H2,1-4H3. The highest BCUT2D eigenvalue weighted by molar-refractivity contribution is 6.00. The van der Waals surface area contributed by atoms with E-state index in [-0.39, 0.29) is 5.78 Å². The molecule has 0 aliphatic carbocycles. The smallest absolute Gasteiger partial charge is 0.156 e. The van der Waals surface area contributed by atoms with Crippen LogP contribution in [-0.4, -0.2) is 70.5 Å². The van der Waals surface area contributed by atoms with Crippen LogP contribution >= 0.6 is 0 Å². The summed E-state index contributed by atoms with van der Waals surface area (Å²) in [7, 11) is 0. The zero-order chi connectivity index (χ0) is 25.9. The van der Waals surface area contributed by atoms with Crippen LogP contribution in [0.4, 0.5) is 11.4 Å². The molecular weight excluding hydrogens is 452 g/mol. The Labute approximate surface area is 215 Å². The highest BCUT2D eigenvalue weighted by Crippen LogP contribution is 2.40. The molecule has 4 atom stereocenters. The summed E-state index contributed by atoms with van der Waals surface area (Å²) in [5, 5.41) is 0. The fourth-order valence-electron chi connectivity index (χ4n) is 5.42. The Balaban J connectivity index is 1.65. The van der Waals surface area contributed by atoms with Gasteiger partial charge in [-0.1, -0.05) is 24.3 Å². The molecule has 0 amide bonds. The average molecular weight is 495 g/mol. The minimum Gasteiger partial charge on any atom is -0.378 e. The lowest BCUT2D eigenvalue weighted by molar-refractivity contribution is -0.130. The molecule has 2 heterocycles. The van der Waals surface area contributed by atoms with E-state index < -0.39 is 22.9 Å². The molecule has 2 aliphatic heterocycles. The van der Waals surface area contributed by atoms with Gasteiger partial charge in [0.15, 0.2) is 5.78 Å². The number of benzene rings is 2. The lowest BCUT2D eigenvalue weighted by Gasteiger charge is -2.43. The number of anilines is 2. The van der Waals surface area contributed by atoms with Crippen LogP contribution in [0.3, 0.4) is 0 Å². The Bertz CT molecular complexity index is 930. The minimum atomic E-state index is -0.908. The molecule has 4 unspecified atom stereocenters. The van der Waals surface area contributed by atoms with E-state index in [2.05, 4.69) is 58.3 Å². The van der Waals surface area contributed by atoms with Gasteiger partial charge in [-0.3, -0.25) is 4.79 Å². The van der Waals surface area contributed by atoms with Gasteiger partial charge >= 0.3 is 0 Å². The number of ether oxygens (including phenoxy) is 2.